The van der Waals surface area contributed by atoms with Crippen LogP contribution in [0.1, 0.15) is 44.2 Å². The second-order valence-corrected chi connectivity index (χ2v) is 7.79. The van der Waals surface area contributed by atoms with Gasteiger partial charge in [-0.05, 0) is 37.5 Å². The van der Waals surface area contributed by atoms with Crippen LogP contribution in [0.15, 0.2) is 23.1 Å². The summed E-state index contributed by atoms with van der Waals surface area (Å²) >= 11 is 0. The van der Waals surface area contributed by atoms with Crippen LogP contribution in [0.5, 0.6) is 0 Å². The van der Waals surface area contributed by atoms with Crippen LogP contribution in [0.25, 0.3) is 0 Å². The zero-order chi connectivity index (χ0) is 15.6. The third-order valence-electron chi connectivity index (χ3n) is 4.05. The lowest BCUT2D eigenvalue weighted by molar-refractivity contribution is 0.0859. The Bertz CT molecular complexity index is 603. The lowest BCUT2D eigenvalue weighted by Gasteiger charge is -2.31. The van der Waals surface area contributed by atoms with E-state index in [0.29, 0.717) is 5.56 Å². The molecule has 1 aromatic carbocycles. The Morgan fingerprint density at radius 3 is 2.57 bits per heavy atom. The Balaban J connectivity index is 2.13. The number of hydrogen-bond acceptors (Lipinski definition) is 4. The molecule has 118 valence electrons. The Hall–Kier alpha value is -0.980. The summed E-state index contributed by atoms with van der Waals surface area (Å²) in [6, 6.07) is 4.03. The molecule has 0 heterocycles. The molecular weight excluding hydrogens is 293 g/mol. The Kier molecular flexibility index (Phi) is 5.01. The van der Waals surface area contributed by atoms with Crippen LogP contribution in [0.4, 0.5) is 4.39 Å². The number of nitrogens with one attached hydrogen (secondary N) is 1. The summed E-state index contributed by atoms with van der Waals surface area (Å²) in [4.78, 5) is -0.281. The minimum atomic E-state index is -3.55. The Labute approximate surface area is 125 Å². The fraction of sp³-hybridized carbons (Fsp3) is 0.600. The van der Waals surface area contributed by atoms with E-state index < -0.39 is 15.7 Å². The van der Waals surface area contributed by atoms with Gasteiger partial charge in [-0.25, -0.2) is 12.8 Å². The number of aliphatic hydroxyl groups excluding tert-OH is 1. The highest BCUT2D eigenvalue weighted by Crippen LogP contribution is 2.24. The van der Waals surface area contributed by atoms with Gasteiger partial charge < -0.3 is 10.4 Å². The molecule has 2 N–H and O–H groups in total. The summed E-state index contributed by atoms with van der Waals surface area (Å²) < 4.78 is 36.7. The van der Waals surface area contributed by atoms with Gasteiger partial charge in [0, 0.05) is 18.3 Å². The predicted molar refractivity (Wildman–Crippen MR) is 79.3 cm³/mol. The maximum atomic E-state index is 13.9. The van der Waals surface area contributed by atoms with Crippen LogP contribution < -0.4 is 5.32 Å². The van der Waals surface area contributed by atoms with Gasteiger partial charge in [-0.3, -0.25) is 0 Å². The average molecular weight is 315 g/mol. The van der Waals surface area contributed by atoms with E-state index >= 15 is 0 Å². The smallest absolute Gasteiger partial charge is 0.178 e. The summed E-state index contributed by atoms with van der Waals surface area (Å²) in [6.45, 7) is 1.89. The summed E-state index contributed by atoms with van der Waals surface area (Å²) in [6.07, 6.45) is 4.40. The van der Waals surface area contributed by atoms with Gasteiger partial charge in [0.15, 0.2) is 9.84 Å². The third kappa shape index (κ3) is 4.02. The quantitative estimate of drug-likeness (QED) is 0.894. The van der Waals surface area contributed by atoms with E-state index in [1.807, 2.05) is 6.92 Å². The summed E-state index contributed by atoms with van der Waals surface area (Å²) in [5.41, 5.74) is 0.678. The fourth-order valence-electron chi connectivity index (χ4n) is 2.81. The van der Waals surface area contributed by atoms with Gasteiger partial charge in [-0.1, -0.05) is 18.9 Å². The van der Waals surface area contributed by atoms with E-state index in [4.69, 9.17) is 0 Å². The van der Waals surface area contributed by atoms with Crippen molar-refractivity contribution in [3.63, 3.8) is 0 Å². The van der Waals surface area contributed by atoms with Crippen molar-refractivity contribution < 1.29 is 17.9 Å². The molecule has 1 aliphatic carbocycles. The molecule has 3 unspecified atom stereocenters. The monoisotopic (exact) mass is 315 g/mol. The molecule has 1 fully saturated rings. The largest absolute Gasteiger partial charge is 0.392 e. The topological polar surface area (TPSA) is 66.4 Å². The second kappa shape index (κ2) is 6.42. The Morgan fingerprint density at radius 1 is 1.33 bits per heavy atom. The van der Waals surface area contributed by atoms with Gasteiger partial charge in [-0.2, -0.15) is 0 Å². The van der Waals surface area contributed by atoms with Gasteiger partial charge in [0.1, 0.15) is 10.7 Å². The molecule has 0 bridgehead atoms. The molecule has 0 saturated heterocycles. The number of rotatable bonds is 4. The maximum Gasteiger partial charge on any atom is 0.178 e. The molecule has 1 aromatic rings. The molecule has 0 spiro atoms. The van der Waals surface area contributed by atoms with Crippen molar-refractivity contribution in [1.29, 1.82) is 0 Å². The molecule has 2 rings (SSSR count). The molecule has 0 amide bonds. The van der Waals surface area contributed by atoms with Crippen LogP contribution >= 0.6 is 0 Å². The highest BCUT2D eigenvalue weighted by molar-refractivity contribution is 7.90. The normalized spacial score (nSPS) is 24.8. The van der Waals surface area contributed by atoms with Crippen molar-refractivity contribution in [2.45, 2.75) is 55.7 Å². The molecule has 21 heavy (non-hydrogen) atoms. The number of halogens is 1. The number of sulfone groups is 1. The van der Waals surface area contributed by atoms with E-state index in [-0.39, 0.29) is 23.1 Å². The first kappa shape index (κ1) is 16.4. The van der Waals surface area contributed by atoms with Gasteiger partial charge in [0.05, 0.1) is 6.10 Å². The molecule has 0 aliphatic heterocycles. The highest BCUT2D eigenvalue weighted by Gasteiger charge is 2.25. The van der Waals surface area contributed by atoms with Gasteiger partial charge in [0.2, 0.25) is 0 Å². The van der Waals surface area contributed by atoms with Crippen molar-refractivity contribution in [3.8, 4) is 0 Å². The highest BCUT2D eigenvalue weighted by atomic mass is 32.2. The minimum Gasteiger partial charge on any atom is -0.392 e. The van der Waals surface area contributed by atoms with Crippen molar-refractivity contribution in [2.24, 2.45) is 0 Å². The first-order chi connectivity index (χ1) is 9.79. The Morgan fingerprint density at radius 2 is 2.00 bits per heavy atom. The molecule has 0 aromatic heterocycles. The van der Waals surface area contributed by atoms with Crippen LogP contribution in [0.2, 0.25) is 0 Å². The molecule has 1 aliphatic rings. The van der Waals surface area contributed by atoms with E-state index in [9.17, 15) is 17.9 Å². The van der Waals surface area contributed by atoms with Crippen molar-refractivity contribution in [1.82, 2.24) is 5.32 Å². The van der Waals surface area contributed by atoms with Crippen molar-refractivity contribution in [2.75, 3.05) is 6.26 Å². The summed E-state index contributed by atoms with van der Waals surface area (Å²) in [7, 11) is -3.55. The number of benzene rings is 1. The van der Waals surface area contributed by atoms with Gasteiger partial charge in [-0.15, -0.1) is 0 Å². The van der Waals surface area contributed by atoms with Crippen LogP contribution in [-0.2, 0) is 9.84 Å². The zero-order valence-corrected chi connectivity index (χ0v) is 13.2. The molecule has 6 heteroatoms. The zero-order valence-electron chi connectivity index (χ0n) is 12.3. The van der Waals surface area contributed by atoms with Crippen molar-refractivity contribution >= 4 is 9.84 Å². The third-order valence-corrected chi connectivity index (χ3v) is 5.18. The lowest BCUT2D eigenvalue weighted by Crippen LogP contribution is -2.43. The van der Waals surface area contributed by atoms with Crippen LogP contribution in [-0.4, -0.2) is 31.9 Å². The molecular formula is C15H22FNO3S. The standard InChI is InChI=1S/C15H22FNO3S/c1-10(17-13-5-3-4-6-14(13)18)11-7-8-15(12(16)9-11)21(2,19)20/h7-10,13-14,17-18H,3-6H2,1-2H3. The summed E-state index contributed by atoms with van der Waals surface area (Å²) in [5.74, 6) is -0.729. The van der Waals surface area contributed by atoms with E-state index in [2.05, 4.69) is 5.32 Å². The predicted octanol–water partition coefficient (Wildman–Crippen LogP) is 2.18. The minimum absolute atomic E-state index is 0.00592. The SMILES string of the molecule is CC(NC1CCCCC1O)c1ccc(S(C)(=O)=O)c(F)c1. The average Bonchev–Trinajstić information content (AvgIpc) is 2.39. The van der Waals surface area contributed by atoms with Gasteiger partial charge in [0.25, 0.3) is 0 Å². The maximum absolute atomic E-state index is 13.9. The summed E-state index contributed by atoms with van der Waals surface area (Å²) in [5, 5.41) is 13.3. The van der Waals surface area contributed by atoms with E-state index in [1.165, 1.54) is 12.1 Å². The first-order valence-corrected chi connectivity index (χ1v) is 9.12. The molecule has 4 nitrogen and oxygen atoms in total. The second-order valence-electron chi connectivity index (χ2n) is 5.81. The van der Waals surface area contributed by atoms with Crippen molar-refractivity contribution in [3.05, 3.63) is 29.6 Å². The molecule has 3 atom stereocenters. The number of aliphatic hydroxyl groups is 1. The first-order valence-electron chi connectivity index (χ1n) is 7.22. The van der Waals surface area contributed by atoms with E-state index in [1.54, 1.807) is 6.07 Å². The lowest BCUT2D eigenvalue weighted by atomic mass is 9.91. The number of hydrogen-bond donors (Lipinski definition) is 2. The fourth-order valence-corrected chi connectivity index (χ4v) is 3.54. The van der Waals surface area contributed by atoms with Gasteiger partial charge >= 0.3 is 0 Å². The molecule has 1 saturated carbocycles. The molecule has 0 radical (unpaired) electrons. The van der Waals surface area contributed by atoms with Crippen LogP contribution in [0, 0.1) is 5.82 Å². The van der Waals surface area contributed by atoms with E-state index in [0.717, 1.165) is 31.9 Å². The van der Waals surface area contributed by atoms with Crippen LogP contribution in [0.3, 0.4) is 0 Å².